The van der Waals surface area contributed by atoms with E-state index in [2.05, 4.69) is 0 Å². The van der Waals surface area contributed by atoms with Gasteiger partial charge in [-0.1, -0.05) is 12.1 Å². The smallest absolute Gasteiger partial charge is 0.310 e. The minimum Gasteiger partial charge on any atom is -0.481 e. The zero-order chi connectivity index (χ0) is 18.4. The van der Waals surface area contributed by atoms with Crippen LogP contribution in [0.4, 0.5) is 0 Å². The zero-order valence-electron chi connectivity index (χ0n) is 14.5. The van der Waals surface area contributed by atoms with E-state index in [1.807, 2.05) is 38.1 Å². The minimum absolute atomic E-state index is 0.171. The van der Waals surface area contributed by atoms with Crippen molar-refractivity contribution in [3.05, 3.63) is 29.8 Å². The summed E-state index contributed by atoms with van der Waals surface area (Å²) in [6.07, 6.45) is 0.968. The van der Waals surface area contributed by atoms with Crippen LogP contribution in [0.15, 0.2) is 29.2 Å². The van der Waals surface area contributed by atoms with Gasteiger partial charge in [-0.15, -0.1) is 0 Å². The summed E-state index contributed by atoms with van der Waals surface area (Å²) in [7, 11) is -1.16. The summed E-state index contributed by atoms with van der Waals surface area (Å²) in [5.41, 5.74) is 1.03. The average Bonchev–Trinajstić information content (AvgIpc) is 2.86. The number of carbonyl (C=O) groups is 2. The molecule has 1 N–H and O–H groups in total. The normalized spacial score (nSPS) is 20.3. The molecular formula is C18H24O6S. The number of Topliss-reactive ketones (excluding diaryl/α,β-unsaturated/α-hetero) is 1. The van der Waals surface area contributed by atoms with Crippen molar-refractivity contribution in [1.82, 2.24) is 0 Å². The maximum absolute atomic E-state index is 12.4. The van der Waals surface area contributed by atoms with Gasteiger partial charge in [-0.25, -0.2) is 0 Å². The van der Waals surface area contributed by atoms with Crippen LogP contribution in [-0.2, 0) is 36.3 Å². The largest absolute Gasteiger partial charge is 0.481 e. The third-order valence-corrected chi connectivity index (χ3v) is 5.33. The Morgan fingerprint density at radius 2 is 1.96 bits per heavy atom. The fourth-order valence-corrected chi connectivity index (χ4v) is 3.80. The maximum Gasteiger partial charge on any atom is 0.310 e. The van der Waals surface area contributed by atoms with E-state index in [1.165, 1.54) is 0 Å². The Kier molecular flexibility index (Phi) is 6.87. The first-order chi connectivity index (χ1) is 11.7. The molecule has 0 bridgehead atoms. The molecular weight excluding hydrogens is 344 g/mol. The van der Waals surface area contributed by atoms with E-state index in [4.69, 9.17) is 14.6 Å². The number of carboxylic acid groups (broad SMARTS) is 1. The second-order valence-corrected chi connectivity index (χ2v) is 8.07. The van der Waals surface area contributed by atoms with E-state index < -0.39 is 29.0 Å². The maximum atomic E-state index is 12.4. The Labute approximate surface area is 150 Å². The Balaban J connectivity index is 1.78. The van der Waals surface area contributed by atoms with Crippen molar-refractivity contribution in [2.75, 3.05) is 12.4 Å². The topological polar surface area (TPSA) is 89.9 Å². The highest BCUT2D eigenvalue weighted by atomic mass is 32.2. The van der Waals surface area contributed by atoms with Crippen LogP contribution < -0.4 is 0 Å². The highest BCUT2D eigenvalue weighted by molar-refractivity contribution is 7.85. The molecule has 1 aliphatic rings. The molecule has 0 spiro atoms. The summed E-state index contributed by atoms with van der Waals surface area (Å²) in [6.45, 7) is 4.12. The first-order valence-electron chi connectivity index (χ1n) is 8.28. The average molecular weight is 368 g/mol. The molecule has 6 nitrogen and oxygen atoms in total. The van der Waals surface area contributed by atoms with Crippen LogP contribution in [0.5, 0.6) is 0 Å². The number of aryl methyl sites for hydroxylation is 1. The van der Waals surface area contributed by atoms with Gasteiger partial charge in [0.25, 0.3) is 0 Å². The van der Waals surface area contributed by atoms with Gasteiger partial charge in [-0.2, -0.15) is 0 Å². The zero-order valence-corrected chi connectivity index (χ0v) is 15.3. The van der Waals surface area contributed by atoms with E-state index in [0.717, 1.165) is 10.5 Å². The molecule has 2 rings (SSSR count). The number of rotatable bonds is 9. The van der Waals surface area contributed by atoms with Crippen LogP contribution >= 0.6 is 0 Å². The van der Waals surface area contributed by atoms with Crippen molar-refractivity contribution < 1.29 is 28.4 Å². The molecule has 1 aliphatic heterocycles. The van der Waals surface area contributed by atoms with Crippen molar-refractivity contribution in [2.45, 2.75) is 56.3 Å². The monoisotopic (exact) mass is 368 g/mol. The summed E-state index contributed by atoms with van der Waals surface area (Å²) in [6, 6.07) is 7.44. The third kappa shape index (κ3) is 6.68. The standard InChI is InChI=1S/C18H24O6S/c1-18(2)23-11-15(24-18)12-25(22)16-8-6-13(7-9-16)4-3-5-14(19)10-17(20)21/h6-9,15H,3-5,10-12H2,1-2H3,(H,20,21). The Morgan fingerprint density at radius 3 is 2.52 bits per heavy atom. The number of ether oxygens (including phenoxy) is 2. The van der Waals surface area contributed by atoms with Gasteiger partial charge in [0.1, 0.15) is 12.2 Å². The van der Waals surface area contributed by atoms with Gasteiger partial charge < -0.3 is 14.6 Å². The number of carbonyl (C=O) groups excluding carboxylic acids is 1. The van der Waals surface area contributed by atoms with Crippen LogP contribution in [0, 0.1) is 0 Å². The van der Waals surface area contributed by atoms with Crippen molar-refractivity contribution in [3.63, 3.8) is 0 Å². The van der Waals surface area contributed by atoms with E-state index in [9.17, 15) is 13.8 Å². The van der Waals surface area contributed by atoms with E-state index >= 15 is 0 Å². The predicted octanol–water partition coefficient (Wildman–Crippen LogP) is 2.31. The summed E-state index contributed by atoms with van der Waals surface area (Å²) in [5.74, 6) is -1.56. The molecule has 1 aromatic carbocycles. The van der Waals surface area contributed by atoms with Crippen molar-refractivity contribution >= 4 is 22.6 Å². The van der Waals surface area contributed by atoms with Crippen LogP contribution in [0.2, 0.25) is 0 Å². The van der Waals surface area contributed by atoms with Crippen LogP contribution in [0.3, 0.4) is 0 Å². The van der Waals surface area contributed by atoms with Gasteiger partial charge in [0, 0.05) is 11.3 Å². The summed E-state index contributed by atoms with van der Waals surface area (Å²) >= 11 is 0. The molecule has 7 heteroatoms. The molecule has 0 radical (unpaired) electrons. The Hall–Kier alpha value is -1.57. The molecule has 1 saturated heterocycles. The van der Waals surface area contributed by atoms with E-state index in [-0.39, 0.29) is 18.3 Å². The molecule has 25 heavy (non-hydrogen) atoms. The van der Waals surface area contributed by atoms with E-state index in [0.29, 0.717) is 25.2 Å². The fourth-order valence-electron chi connectivity index (χ4n) is 2.66. The van der Waals surface area contributed by atoms with Gasteiger partial charge >= 0.3 is 5.97 Å². The Morgan fingerprint density at radius 1 is 1.28 bits per heavy atom. The highest BCUT2D eigenvalue weighted by Gasteiger charge is 2.33. The number of benzene rings is 1. The fraction of sp³-hybridized carbons (Fsp3) is 0.556. The lowest BCUT2D eigenvalue weighted by atomic mass is 10.1. The summed E-state index contributed by atoms with van der Waals surface area (Å²) in [4.78, 5) is 22.5. The predicted molar refractivity (Wildman–Crippen MR) is 92.8 cm³/mol. The van der Waals surface area contributed by atoms with Crippen LogP contribution in [-0.4, -0.2) is 45.3 Å². The van der Waals surface area contributed by atoms with Crippen molar-refractivity contribution in [2.24, 2.45) is 0 Å². The lowest BCUT2D eigenvalue weighted by molar-refractivity contribution is -0.140. The number of ketones is 1. The lowest BCUT2D eigenvalue weighted by Crippen LogP contribution is -2.24. The summed E-state index contributed by atoms with van der Waals surface area (Å²) < 4.78 is 23.6. The first kappa shape index (κ1) is 19.8. The van der Waals surface area contributed by atoms with Gasteiger partial charge in [-0.3, -0.25) is 13.8 Å². The van der Waals surface area contributed by atoms with Crippen molar-refractivity contribution in [1.29, 1.82) is 0 Å². The van der Waals surface area contributed by atoms with Crippen molar-refractivity contribution in [3.8, 4) is 0 Å². The second-order valence-electron chi connectivity index (χ2n) is 6.57. The lowest BCUT2D eigenvalue weighted by Gasteiger charge is -2.16. The Bertz CT molecular complexity index is 637. The van der Waals surface area contributed by atoms with Crippen LogP contribution in [0.1, 0.15) is 38.7 Å². The molecule has 1 heterocycles. The highest BCUT2D eigenvalue weighted by Crippen LogP contribution is 2.24. The third-order valence-electron chi connectivity index (χ3n) is 3.86. The quantitative estimate of drug-likeness (QED) is 0.673. The SMILES string of the molecule is CC1(C)OCC(CS(=O)c2ccc(CCCC(=O)CC(=O)O)cc2)O1. The molecule has 1 fully saturated rings. The van der Waals surface area contributed by atoms with Crippen LogP contribution in [0.25, 0.3) is 0 Å². The molecule has 0 aromatic heterocycles. The molecule has 0 aliphatic carbocycles. The van der Waals surface area contributed by atoms with Gasteiger partial charge in [0.2, 0.25) is 0 Å². The summed E-state index contributed by atoms with van der Waals surface area (Å²) in [5, 5.41) is 8.55. The van der Waals surface area contributed by atoms with Gasteiger partial charge in [0.05, 0.1) is 29.3 Å². The molecule has 0 saturated carbocycles. The number of hydrogen-bond acceptors (Lipinski definition) is 5. The molecule has 0 amide bonds. The molecule has 2 unspecified atom stereocenters. The van der Waals surface area contributed by atoms with Gasteiger partial charge in [0.15, 0.2) is 5.79 Å². The second kappa shape index (κ2) is 8.69. The van der Waals surface area contributed by atoms with Gasteiger partial charge in [-0.05, 0) is 44.4 Å². The number of hydrogen-bond donors (Lipinski definition) is 1. The molecule has 1 aromatic rings. The van der Waals surface area contributed by atoms with E-state index in [1.54, 1.807) is 0 Å². The molecule has 2 atom stereocenters. The first-order valence-corrected chi connectivity index (χ1v) is 9.59. The molecule has 138 valence electrons. The number of carboxylic acids is 1. The minimum atomic E-state index is -1.16. The number of aliphatic carboxylic acids is 1.